The molecule has 0 bridgehead atoms. The molecule has 0 aromatic rings. The molecule has 0 N–H and O–H groups in total. The van der Waals surface area contributed by atoms with Gasteiger partial charge in [-0.2, -0.15) is 0 Å². The molecule has 4 heteroatoms. The van der Waals surface area contributed by atoms with Gasteiger partial charge in [0.1, 0.15) is 5.60 Å². The maximum Gasteiger partial charge on any atom is 0.418 e. The van der Waals surface area contributed by atoms with Crippen molar-refractivity contribution in [2.45, 2.75) is 32.3 Å². The SMILES string of the molecule is COC(=O)C(=O)OC1(C)CC=CCC1C. The van der Waals surface area contributed by atoms with Crippen LogP contribution in [0.2, 0.25) is 0 Å². The van der Waals surface area contributed by atoms with Crippen molar-refractivity contribution in [2.75, 3.05) is 7.11 Å². The summed E-state index contributed by atoms with van der Waals surface area (Å²) in [5.41, 5.74) is -0.597. The zero-order chi connectivity index (χ0) is 11.5. The number of allylic oxidation sites excluding steroid dienone is 1. The van der Waals surface area contributed by atoms with E-state index in [1.807, 2.05) is 19.9 Å². The van der Waals surface area contributed by atoms with E-state index in [9.17, 15) is 9.59 Å². The van der Waals surface area contributed by atoms with Crippen LogP contribution in [0.1, 0.15) is 26.7 Å². The maximum atomic E-state index is 11.3. The Bertz CT molecular complexity index is 295. The smallest absolute Gasteiger partial charge is 0.418 e. The summed E-state index contributed by atoms with van der Waals surface area (Å²) in [5.74, 6) is -1.66. The van der Waals surface area contributed by atoms with Crippen LogP contribution in [0.3, 0.4) is 0 Å². The van der Waals surface area contributed by atoms with Crippen molar-refractivity contribution in [3.8, 4) is 0 Å². The number of rotatable bonds is 1. The highest BCUT2D eigenvalue weighted by Gasteiger charge is 2.37. The minimum absolute atomic E-state index is 0.205. The molecule has 0 fully saturated rings. The lowest BCUT2D eigenvalue weighted by atomic mass is 9.81. The van der Waals surface area contributed by atoms with Crippen LogP contribution in [-0.4, -0.2) is 24.6 Å². The minimum Gasteiger partial charge on any atom is -0.461 e. The van der Waals surface area contributed by atoms with Gasteiger partial charge < -0.3 is 9.47 Å². The van der Waals surface area contributed by atoms with E-state index in [0.717, 1.165) is 13.5 Å². The normalized spacial score (nSPS) is 29.7. The van der Waals surface area contributed by atoms with E-state index in [1.165, 1.54) is 0 Å². The van der Waals surface area contributed by atoms with Crippen molar-refractivity contribution >= 4 is 11.9 Å². The van der Waals surface area contributed by atoms with Crippen molar-refractivity contribution in [3.63, 3.8) is 0 Å². The number of methoxy groups -OCH3 is 1. The molecule has 84 valence electrons. The second-order valence-corrected chi connectivity index (χ2v) is 4.01. The minimum atomic E-state index is -0.946. The Hall–Kier alpha value is -1.32. The summed E-state index contributed by atoms with van der Waals surface area (Å²) in [6, 6.07) is 0. The molecule has 15 heavy (non-hydrogen) atoms. The lowest BCUT2D eigenvalue weighted by Crippen LogP contribution is -2.41. The summed E-state index contributed by atoms with van der Waals surface area (Å²) < 4.78 is 9.48. The van der Waals surface area contributed by atoms with Gasteiger partial charge in [0, 0.05) is 6.42 Å². The Kier molecular flexibility index (Phi) is 3.50. The number of carbonyl (C=O) groups excluding carboxylic acids is 2. The fourth-order valence-corrected chi connectivity index (χ4v) is 1.55. The van der Waals surface area contributed by atoms with Gasteiger partial charge in [0.25, 0.3) is 0 Å². The van der Waals surface area contributed by atoms with Crippen LogP contribution in [0.4, 0.5) is 0 Å². The fourth-order valence-electron chi connectivity index (χ4n) is 1.55. The first kappa shape index (κ1) is 11.8. The highest BCUT2D eigenvalue weighted by atomic mass is 16.6. The Morgan fingerprint density at radius 2 is 2.00 bits per heavy atom. The zero-order valence-electron chi connectivity index (χ0n) is 9.28. The standard InChI is InChI=1S/C11H16O4/c1-8-6-4-5-7-11(8,2)15-10(13)9(12)14-3/h4-5,8H,6-7H2,1-3H3. The van der Waals surface area contributed by atoms with Crippen LogP contribution in [-0.2, 0) is 19.1 Å². The summed E-state index contributed by atoms with van der Waals surface area (Å²) in [4.78, 5) is 22.2. The van der Waals surface area contributed by atoms with Crippen LogP contribution in [0.15, 0.2) is 12.2 Å². The lowest BCUT2D eigenvalue weighted by molar-refractivity contribution is -0.178. The molecular weight excluding hydrogens is 196 g/mol. The third kappa shape index (κ3) is 2.58. The average Bonchev–Trinajstić information content (AvgIpc) is 2.21. The average molecular weight is 212 g/mol. The lowest BCUT2D eigenvalue weighted by Gasteiger charge is -2.35. The number of esters is 2. The Labute approximate surface area is 89.2 Å². The van der Waals surface area contributed by atoms with Gasteiger partial charge in [0.2, 0.25) is 0 Å². The highest BCUT2D eigenvalue weighted by molar-refractivity contribution is 6.29. The van der Waals surface area contributed by atoms with Crippen molar-refractivity contribution < 1.29 is 19.1 Å². The van der Waals surface area contributed by atoms with E-state index >= 15 is 0 Å². The first-order chi connectivity index (χ1) is 6.99. The summed E-state index contributed by atoms with van der Waals surface area (Å²) in [6.07, 6.45) is 5.50. The van der Waals surface area contributed by atoms with E-state index in [-0.39, 0.29) is 5.92 Å². The fraction of sp³-hybridized carbons (Fsp3) is 0.636. The van der Waals surface area contributed by atoms with Gasteiger partial charge in [-0.3, -0.25) is 0 Å². The predicted molar refractivity (Wildman–Crippen MR) is 54.1 cm³/mol. The largest absolute Gasteiger partial charge is 0.461 e. The van der Waals surface area contributed by atoms with Crippen LogP contribution >= 0.6 is 0 Å². The molecule has 0 heterocycles. The Morgan fingerprint density at radius 3 is 2.53 bits per heavy atom. The Balaban J connectivity index is 2.67. The molecule has 2 atom stereocenters. The van der Waals surface area contributed by atoms with E-state index in [2.05, 4.69) is 10.8 Å². The monoisotopic (exact) mass is 212 g/mol. The molecule has 2 unspecified atom stereocenters. The number of hydrogen-bond acceptors (Lipinski definition) is 4. The van der Waals surface area contributed by atoms with Gasteiger partial charge >= 0.3 is 11.9 Å². The molecule has 0 amide bonds. The van der Waals surface area contributed by atoms with Crippen LogP contribution in [0, 0.1) is 5.92 Å². The molecule has 4 nitrogen and oxygen atoms in total. The quantitative estimate of drug-likeness (QED) is 0.375. The van der Waals surface area contributed by atoms with Crippen molar-refractivity contribution in [1.29, 1.82) is 0 Å². The third-order valence-corrected chi connectivity index (χ3v) is 2.90. The summed E-state index contributed by atoms with van der Waals surface area (Å²) in [7, 11) is 1.16. The number of carbonyl (C=O) groups is 2. The second kappa shape index (κ2) is 4.47. The molecular formula is C11H16O4. The zero-order valence-corrected chi connectivity index (χ0v) is 9.28. The van der Waals surface area contributed by atoms with Crippen molar-refractivity contribution in [1.82, 2.24) is 0 Å². The topological polar surface area (TPSA) is 52.6 Å². The number of hydrogen-bond donors (Lipinski definition) is 0. The molecule has 0 saturated heterocycles. The molecule has 0 radical (unpaired) electrons. The first-order valence-corrected chi connectivity index (χ1v) is 4.96. The summed E-state index contributed by atoms with van der Waals surface area (Å²) >= 11 is 0. The van der Waals surface area contributed by atoms with Gasteiger partial charge in [-0.25, -0.2) is 9.59 Å². The summed E-state index contributed by atoms with van der Waals surface area (Å²) in [6.45, 7) is 3.83. The molecule has 1 rings (SSSR count). The summed E-state index contributed by atoms with van der Waals surface area (Å²) in [5, 5.41) is 0. The Morgan fingerprint density at radius 1 is 1.33 bits per heavy atom. The van der Waals surface area contributed by atoms with E-state index in [0.29, 0.717) is 6.42 Å². The molecule has 0 saturated carbocycles. The van der Waals surface area contributed by atoms with Gasteiger partial charge in [0.05, 0.1) is 7.11 Å². The van der Waals surface area contributed by atoms with Crippen LogP contribution in [0.5, 0.6) is 0 Å². The van der Waals surface area contributed by atoms with Crippen molar-refractivity contribution in [3.05, 3.63) is 12.2 Å². The number of ether oxygens (including phenoxy) is 2. The molecule has 0 spiro atoms. The van der Waals surface area contributed by atoms with E-state index in [4.69, 9.17) is 4.74 Å². The van der Waals surface area contributed by atoms with Gasteiger partial charge in [-0.05, 0) is 19.3 Å². The van der Waals surface area contributed by atoms with E-state index in [1.54, 1.807) is 0 Å². The first-order valence-electron chi connectivity index (χ1n) is 4.96. The van der Waals surface area contributed by atoms with Gasteiger partial charge in [0.15, 0.2) is 0 Å². The maximum absolute atomic E-state index is 11.3. The third-order valence-electron chi connectivity index (χ3n) is 2.90. The van der Waals surface area contributed by atoms with Gasteiger partial charge in [-0.15, -0.1) is 0 Å². The van der Waals surface area contributed by atoms with E-state index < -0.39 is 17.5 Å². The molecule has 1 aliphatic rings. The van der Waals surface area contributed by atoms with Crippen molar-refractivity contribution in [2.24, 2.45) is 5.92 Å². The molecule has 0 aromatic carbocycles. The van der Waals surface area contributed by atoms with Crippen LogP contribution < -0.4 is 0 Å². The second-order valence-electron chi connectivity index (χ2n) is 4.01. The molecule has 0 aromatic heterocycles. The predicted octanol–water partition coefficient (Wildman–Crippen LogP) is 1.45. The van der Waals surface area contributed by atoms with Crippen LogP contribution in [0.25, 0.3) is 0 Å². The molecule has 0 aliphatic heterocycles. The highest BCUT2D eigenvalue weighted by Crippen LogP contribution is 2.32. The van der Waals surface area contributed by atoms with Gasteiger partial charge in [-0.1, -0.05) is 19.1 Å². The molecule has 1 aliphatic carbocycles.